The molecular formula is C19H23N3OS. The van der Waals surface area contributed by atoms with Gasteiger partial charge in [-0.15, -0.1) is 0 Å². The number of hydrogen-bond acceptors (Lipinski definition) is 3. The number of ether oxygens (including phenoxy) is 1. The molecule has 5 heteroatoms. The van der Waals surface area contributed by atoms with E-state index in [-0.39, 0.29) is 0 Å². The number of benzene rings is 2. The Morgan fingerprint density at radius 3 is 2.67 bits per heavy atom. The Morgan fingerprint density at radius 2 is 1.88 bits per heavy atom. The van der Waals surface area contributed by atoms with E-state index in [2.05, 4.69) is 22.8 Å². The number of para-hydroxylation sites is 1. The van der Waals surface area contributed by atoms with Crippen molar-refractivity contribution in [3.63, 3.8) is 0 Å². The van der Waals surface area contributed by atoms with Gasteiger partial charge in [0.15, 0.2) is 5.11 Å². The van der Waals surface area contributed by atoms with Gasteiger partial charge in [0, 0.05) is 12.1 Å². The van der Waals surface area contributed by atoms with Crippen LogP contribution in [0.3, 0.4) is 0 Å². The Bertz CT molecular complexity index is 659. The molecule has 0 fully saturated rings. The molecule has 0 aliphatic heterocycles. The monoisotopic (exact) mass is 341 g/mol. The van der Waals surface area contributed by atoms with E-state index in [9.17, 15) is 0 Å². The summed E-state index contributed by atoms with van der Waals surface area (Å²) in [5, 5.41) is 7.79. The first-order chi connectivity index (χ1) is 11.8. The molecule has 0 unspecified atom stereocenters. The van der Waals surface area contributed by atoms with E-state index < -0.39 is 0 Å². The van der Waals surface area contributed by atoms with Crippen LogP contribution in [0.5, 0.6) is 5.75 Å². The van der Waals surface area contributed by atoms with Gasteiger partial charge in [-0.3, -0.25) is 5.43 Å². The van der Waals surface area contributed by atoms with Crippen molar-refractivity contribution < 1.29 is 4.74 Å². The van der Waals surface area contributed by atoms with Crippen LogP contribution in [0.2, 0.25) is 0 Å². The van der Waals surface area contributed by atoms with Gasteiger partial charge in [0.25, 0.3) is 0 Å². The van der Waals surface area contributed by atoms with E-state index in [4.69, 9.17) is 17.0 Å². The Balaban J connectivity index is 1.81. The molecule has 0 saturated carbocycles. The minimum Gasteiger partial charge on any atom is -0.493 e. The first-order valence-electron chi connectivity index (χ1n) is 8.12. The maximum Gasteiger partial charge on any atom is 0.187 e. The first-order valence-corrected chi connectivity index (χ1v) is 8.53. The van der Waals surface area contributed by atoms with E-state index in [1.54, 1.807) is 6.21 Å². The standard InChI is InChI=1S/C19H23N3OS/c1-2-3-13-23-18-12-8-7-11-17(18)15-21-22-19(24)20-14-16-9-5-4-6-10-16/h4-12,15H,2-3,13-14H2,1H3,(H2,20,22,24)/b21-15+. The molecule has 2 N–H and O–H groups in total. The van der Waals surface area contributed by atoms with Crippen LogP contribution in [0.4, 0.5) is 0 Å². The highest BCUT2D eigenvalue weighted by Crippen LogP contribution is 2.16. The molecule has 0 aromatic heterocycles. The summed E-state index contributed by atoms with van der Waals surface area (Å²) in [6, 6.07) is 17.9. The molecular weight excluding hydrogens is 318 g/mol. The number of hydrogen-bond donors (Lipinski definition) is 2. The molecule has 4 nitrogen and oxygen atoms in total. The van der Waals surface area contributed by atoms with Gasteiger partial charge in [-0.05, 0) is 36.3 Å². The Labute approximate surface area is 148 Å². The van der Waals surface area contributed by atoms with Crippen molar-refractivity contribution in [2.45, 2.75) is 26.3 Å². The van der Waals surface area contributed by atoms with Crippen LogP contribution in [-0.4, -0.2) is 17.9 Å². The fourth-order valence-electron chi connectivity index (χ4n) is 2.02. The van der Waals surface area contributed by atoms with Crippen molar-refractivity contribution in [2.75, 3.05) is 6.61 Å². The molecule has 0 spiro atoms. The zero-order valence-corrected chi connectivity index (χ0v) is 14.7. The topological polar surface area (TPSA) is 45.6 Å². The molecule has 0 radical (unpaired) electrons. The molecule has 0 saturated heterocycles. The van der Waals surface area contributed by atoms with E-state index in [0.717, 1.165) is 24.2 Å². The number of rotatable bonds is 8. The van der Waals surface area contributed by atoms with E-state index in [0.29, 0.717) is 18.3 Å². The maximum atomic E-state index is 5.77. The summed E-state index contributed by atoms with van der Waals surface area (Å²) in [6.45, 7) is 3.52. The van der Waals surface area contributed by atoms with Crippen molar-refractivity contribution in [3.8, 4) is 5.75 Å². The van der Waals surface area contributed by atoms with Gasteiger partial charge in [-0.2, -0.15) is 5.10 Å². The van der Waals surface area contributed by atoms with Crippen molar-refractivity contribution in [2.24, 2.45) is 5.10 Å². The Morgan fingerprint density at radius 1 is 1.12 bits per heavy atom. The van der Waals surface area contributed by atoms with Gasteiger partial charge in [-0.25, -0.2) is 0 Å². The molecule has 0 aliphatic rings. The smallest absolute Gasteiger partial charge is 0.187 e. The second kappa shape index (κ2) is 10.4. The Hall–Kier alpha value is -2.40. The van der Waals surface area contributed by atoms with Crippen LogP contribution in [0.25, 0.3) is 0 Å². The van der Waals surface area contributed by atoms with Crippen molar-refractivity contribution >= 4 is 23.5 Å². The fourth-order valence-corrected chi connectivity index (χ4v) is 2.15. The highest BCUT2D eigenvalue weighted by atomic mass is 32.1. The predicted molar refractivity (Wildman–Crippen MR) is 103 cm³/mol. The minimum atomic E-state index is 0.486. The lowest BCUT2D eigenvalue weighted by molar-refractivity contribution is 0.309. The van der Waals surface area contributed by atoms with Gasteiger partial charge in [0.1, 0.15) is 5.75 Å². The SMILES string of the molecule is CCCCOc1ccccc1/C=N/NC(=S)NCc1ccccc1. The summed E-state index contributed by atoms with van der Waals surface area (Å²) in [4.78, 5) is 0. The van der Waals surface area contributed by atoms with Crippen LogP contribution in [0.15, 0.2) is 59.7 Å². The van der Waals surface area contributed by atoms with Gasteiger partial charge in [-0.1, -0.05) is 55.8 Å². The summed E-state index contributed by atoms with van der Waals surface area (Å²) in [5.74, 6) is 0.833. The van der Waals surface area contributed by atoms with E-state index in [1.165, 1.54) is 5.56 Å². The molecule has 0 aliphatic carbocycles. The first kappa shape index (κ1) is 17.9. The third-order valence-corrected chi connectivity index (χ3v) is 3.58. The van der Waals surface area contributed by atoms with Gasteiger partial charge in [0.05, 0.1) is 12.8 Å². The molecule has 0 atom stereocenters. The summed E-state index contributed by atoms with van der Waals surface area (Å²) >= 11 is 5.22. The van der Waals surface area contributed by atoms with E-state index in [1.807, 2.05) is 54.6 Å². The molecule has 0 bridgehead atoms. The number of nitrogens with one attached hydrogen (secondary N) is 2. The molecule has 0 amide bonds. The van der Waals surface area contributed by atoms with Gasteiger partial charge >= 0.3 is 0 Å². The zero-order valence-electron chi connectivity index (χ0n) is 13.9. The maximum absolute atomic E-state index is 5.77. The minimum absolute atomic E-state index is 0.486. The fraction of sp³-hybridized carbons (Fsp3) is 0.263. The Kier molecular flexibility index (Phi) is 7.77. The highest BCUT2D eigenvalue weighted by Gasteiger charge is 2.00. The lowest BCUT2D eigenvalue weighted by atomic mass is 10.2. The summed E-state index contributed by atoms with van der Waals surface area (Å²) < 4.78 is 5.77. The quantitative estimate of drug-likeness (QED) is 0.331. The van der Waals surface area contributed by atoms with Crippen LogP contribution in [0.1, 0.15) is 30.9 Å². The second-order valence-corrected chi connectivity index (χ2v) is 5.69. The van der Waals surface area contributed by atoms with Crippen molar-refractivity contribution in [1.29, 1.82) is 0 Å². The van der Waals surface area contributed by atoms with Crippen LogP contribution in [-0.2, 0) is 6.54 Å². The number of thiocarbonyl (C=S) groups is 1. The summed E-state index contributed by atoms with van der Waals surface area (Å²) in [5.41, 5.74) is 4.92. The molecule has 2 rings (SSSR count). The van der Waals surface area contributed by atoms with Gasteiger partial charge < -0.3 is 10.1 Å². The van der Waals surface area contributed by atoms with Crippen LogP contribution in [0, 0.1) is 0 Å². The number of unbranched alkanes of at least 4 members (excludes halogenated alkanes) is 1. The van der Waals surface area contributed by atoms with Crippen molar-refractivity contribution in [3.05, 3.63) is 65.7 Å². The largest absolute Gasteiger partial charge is 0.493 e. The number of nitrogens with zero attached hydrogens (tertiary/aromatic N) is 1. The van der Waals surface area contributed by atoms with Gasteiger partial charge in [0.2, 0.25) is 0 Å². The van der Waals surface area contributed by atoms with Crippen LogP contribution < -0.4 is 15.5 Å². The normalized spacial score (nSPS) is 10.5. The lowest BCUT2D eigenvalue weighted by Crippen LogP contribution is -2.31. The molecule has 2 aromatic carbocycles. The third-order valence-electron chi connectivity index (χ3n) is 3.34. The molecule has 24 heavy (non-hydrogen) atoms. The lowest BCUT2D eigenvalue weighted by Gasteiger charge is -2.09. The predicted octanol–water partition coefficient (Wildman–Crippen LogP) is 3.86. The summed E-state index contributed by atoms with van der Waals surface area (Å²) in [6.07, 6.45) is 3.87. The molecule has 2 aromatic rings. The number of hydrazone groups is 1. The highest BCUT2D eigenvalue weighted by molar-refractivity contribution is 7.80. The second-order valence-electron chi connectivity index (χ2n) is 5.28. The average molecular weight is 341 g/mol. The zero-order chi connectivity index (χ0) is 17.0. The van der Waals surface area contributed by atoms with Crippen molar-refractivity contribution in [1.82, 2.24) is 10.7 Å². The summed E-state index contributed by atoms with van der Waals surface area (Å²) in [7, 11) is 0. The third kappa shape index (κ3) is 6.38. The molecule has 126 valence electrons. The average Bonchev–Trinajstić information content (AvgIpc) is 2.62. The van der Waals surface area contributed by atoms with Crippen LogP contribution >= 0.6 is 12.2 Å². The molecule has 0 heterocycles. The van der Waals surface area contributed by atoms with E-state index >= 15 is 0 Å².